The van der Waals surface area contributed by atoms with Gasteiger partial charge >= 0.3 is 11.9 Å². The van der Waals surface area contributed by atoms with E-state index in [9.17, 15) is 14.9 Å². The highest BCUT2D eigenvalue weighted by molar-refractivity contribution is 5.97. The SMILES string of the molecule is CC(=CCc1c(C)c(C)c2c(c1C#N)C(=O)OC2)CCC(=O)O. The van der Waals surface area contributed by atoms with Gasteiger partial charge in [-0.15, -0.1) is 0 Å². The zero-order valence-corrected chi connectivity index (χ0v) is 13.5. The molecule has 1 heterocycles. The molecule has 1 aromatic rings. The van der Waals surface area contributed by atoms with Gasteiger partial charge in [-0.25, -0.2) is 4.79 Å². The van der Waals surface area contributed by atoms with Crippen LogP contribution in [0.3, 0.4) is 0 Å². The van der Waals surface area contributed by atoms with Crippen molar-refractivity contribution in [3.05, 3.63) is 45.0 Å². The number of ether oxygens (including phenoxy) is 1. The van der Waals surface area contributed by atoms with E-state index < -0.39 is 11.9 Å². The van der Waals surface area contributed by atoms with Crippen molar-refractivity contribution < 1.29 is 19.4 Å². The largest absolute Gasteiger partial charge is 0.481 e. The summed E-state index contributed by atoms with van der Waals surface area (Å²) in [5.74, 6) is -1.27. The fourth-order valence-corrected chi connectivity index (χ4v) is 2.81. The van der Waals surface area contributed by atoms with E-state index in [4.69, 9.17) is 9.84 Å². The maximum atomic E-state index is 11.9. The van der Waals surface area contributed by atoms with E-state index in [0.717, 1.165) is 27.8 Å². The maximum Gasteiger partial charge on any atom is 0.340 e. The number of aliphatic carboxylic acids is 1. The Morgan fingerprint density at radius 1 is 1.35 bits per heavy atom. The van der Waals surface area contributed by atoms with Gasteiger partial charge in [0.05, 0.1) is 11.1 Å². The molecule has 0 atom stereocenters. The fraction of sp³-hybridized carbons (Fsp3) is 0.389. The molecule has 1 aliphatic rings. The Balaban J connectivity index is 2.40. The summed E-state index contributed by atoms with van der Waals surface area (Å²) in [5.41, 5.74) is 5.32. The summed E-state index contributed by atoms with van der Waals surface area (Å²) in [5, 5.41) is 18.2. The number of allylic oxidation sites excluding steroid dienone is 2. The van der Waals surface area contributed by atoms with Crippen LogP contribution in [0.1, 0.15) is 57.9 Å². The average Bonchev–Trinajstić information content (AvgIpc) is 2.89. The number of hydrogen-bond donors (Lipinski definition) is 1. The lowest BCUT2D eigenvalue weighted by atomic mass is 9.87. The zero-order chi connectivity index (χ0) is 17.1. The molecule has 0 bridgehead atoms. The first kappa shape index (κ1) is 16.8. The van der Waals surface area contributed by atoms with Crippen molar-refractivity contribution in [2.75, 3.05) is 0 Å². The quantitative estimate of drug-likeness (QED) is 0.666. The van der Waals surface area contributed by atoms with Gasteiger partial charge in [0.15, 0.2) is 0 Å². The van der Waals surface area contributed by atoms with Crippen LogP contribution in [0, 0.1) is 25.2 Å². The first-order chi connectivity index (χ1) is 10.9. The number of hydrogen-bond acceptors (Lipinski definition) is 4. The molecule has 0 amide bonds. The zero-order valence-electron chi connectivity index (χ0n) is 13.5. The Kier molecular flexibility index (Phi) is 4.85. The molecule has 0 saturated heterocycles. The van der Waals surface area contributed by atoms with Gasteiger partial charge in [0.25, 0.3) is 0 Å². The second-order valence-corrected chi connectivity index (χ2v) is 5.79. The Morgan fingerprint density at radius 3 is 2.65 bits per heavy atom. The van der Waals surface area contributed by atoms with Crippen molar-refractivity contribution in [1.29, 1.82) is 5.26 Å². The molecular weight excluding hydrogens is 294 g/mol. The molecule has 0 unspecified atom stereocenters. The third-order valence-corrected chi connectivity index (χ3v) is 4.37. The third kappa shape index (κ3) is 3.26. The molecule has 1 aliphatic heterocycles. The highest BCUT2D eigenvalue weighted by Gasteiger charge is 2.30. The number of benzene rings is 1. The second-order valence-electron chi connectivity index (χ2n) is 5.79. The molecule has 0 aromatic heterocycles. The number of cyclic esters (lactones) is 1. The number of fused-ring (bicyclic) bond motifs is 1. The Bertz CT molecular complexity index is 754. The number of carboxylic acid groups (broad SMARTS) is 1. The van der Waals surface area contributed by atoms with Crippen LogP contribution in [0.4, 0.5) is 0 Å². The van der Waals surface area contributed by atoms with E-state index in [0.29, 0.717) is 24.0 Å². The van der Waals surface area contributed by atoms with E-state index in [1.165, 1.54) is 0 Å². The van der Waals surface area contributed by atoms with Gasteiger partial charge in [0.1, 0.15) is 12.7 Å². The number of carbonyl (C=O) groups excluding carboxylic acids is 1. The maximum absolute atomic E-state index is 11.9. The summed E-state index contributed by atoms with van der Waals surface area (Å²) in [6, 6.07) is 2.14. The summed E-state index contributed by atoms with van der Waals surface area (Å²) >= 11 is 0. The Labute approximate surface area is 135 Å². The van der Waals surface area contributed by atoms with E-state index in [1.807, 2.05) is 26.8 Å². The van der Waals surface area contributed by atoms with Crippen molar-refractivity contribution >= 4 is 11.9 Å². The van der Waals surface area contributed by atoms with Crippen LogP contribution in [-0.2, 0) is 22.6 Å². The lowest BCUT2D eigenvalue weighted by molar-refractivity contribution is -0.136. The van der Waals surface area contributed by atoms with E-state index >= 15 is 0 Å². The van der Waals surface area contributed by atoms with Crippen molar-refractivity contribution in [3.8, 4) is 6.07 Å². The first-order valence-corrected chi connectivity index (χ1v) is 7.46. The molecule has 5 nitrogen and oxygen atoms in total. The van der Waals surface area contributed by atoms with E-state index in [-0.39, 0.29) is 13.0 Å². The fourth-order valence-electron chi connectivity index (χ4n) is 2.81. The number of nitriles is 1. The first-order valence-electron chi connectivity index (χ1n) is 7.46. The normalized spacial score (nSPS) is 13.5. The lowest BCUT2D eigenvalue weighted by Crippen LogP contribution is -2.06. The van der Waals surface area contributed by atoms with E-state index in [1.54, 1.807) is 0 Å². The minimum absolute atomic E-state index is 0.0853. The van der Waals surface area contributed by atoms with Gasteiger partial charge in [0, 0.05) is 12.0 Å². The molecule has 23 heavy (non-hydrogen) atoms. The van der Waals surface area contributed by atoms with Crippen LogP contribution in [0.2, 0.25) is 0 Å². The van der Waals surface area contributed by atoms with Gasteiger partial charge in [-0.3, -0.25) is 4.79 Å². The van der Waals surface area contributed by atoms with Crippen molar-refractivity contribution in [2.24, 2.45) is 0 Å². The standard InChI is InChI=1S/C18H19NO4/c1-10(5-7-16(20)21)4-6-13-11(2)12(3)15-9-23-18(22)17(15)14(13)8-19/h4H,5-7,9H2,1-3H3,(H,20,21). The predicted octanol–water partition coefficient (Wildman–Crippen LogP) is 3.20. The lowest BCUT2D eigenvalue weighted by Gasteiger charge is -2.14. The Hall–Kier alpha value is -2.61. The molecule has 120 valence electrons. The van der Waals surface area contributed by atoms with E-state index in [2.05, 4.69) is 6.07 Å². The van der Waals surface area contributed by atoms with Crippen molar-refractivity contribution in [3.63, 3.8) is 0 Å². The van der Waals surface area contributed by atoms with Crippen LogP contribution in [0.25, 0.3) is 0 Å². The molecule has 1 N–H and O–H groups in total. The molecule has 0 saturated carbocycles. The molecule has 2 rings (SSSR count). The minimum atomic E-state index is -0.831. The van der Waals surface area contributed by atoms with Crippen LogP contribution in [0.5, 0.6) is 0 Å². The molecule has 1 aromatic carbocycles. The van der Waals surface area contributed by atoms with Crippen LogP contribution < -0.4 is 0 Å². The summed E-state index contributed by atoms with van der Waals surface area (Å²) < 4.78 is 5.08. The van der Waals surface area contributed by atoms with Crippen molar-refractivity contribution in [1.82, 2.24) is 0 Å². The highest BCUT2D eigenvalue weighted by Crippen LogP contribution is 2.33. The number of rotatable bonds is 5. The molecular formula is C18H19NO4. The molecule has 0 spiro atoms. The topological polar surface area (TPSA) is 87.4 Å². The highest BCUT2D eigenvalue weighted by atomic mass is 16.5. The predicted molar refractivity (Wildman–Crippen MR) is 84.1 cm³/mol. The average molecular weight is 313 g/mol. The molecule has 0 aliphatic carbocycles. The molecule has 5 heteroatoms. The summed E-state index contributed by atoms with van der Waals surface area (Å²) in [6.07, 6.45) is 2.99. The number of carbonyl (C=O) groups is 2. The van der Waals surface area contributed by atoms with Gasteiger partial charge in [-0.1, -0.05) is 11.6 Å². The number of carboxylic acids is 1. The summed E-state index contributed by atoms with van der Waals surface area (Å²) in [7, 11) is 0. The van der Waals surface area contributed by atoms with Crippen molar-refractivity contribution in [2.45, 2.75) is 46.6 Å². The summed E-state index contributed by atoms with van der Waals surface area (Å²) in [4.78, 5) is 22.5. The van der Waals surface area contributed by atoms with Gasteiger partial charge in [-0.2, -0.15) is 5.26 Å². The number of esters is 1. The Morgan fingerprint density at radius 2 is 2.04 bits per heavy atom. The second kappa shape index (κ2) is 6.66. The van der Waals surface area contributed by atoms with Gasteiger partial charge in [0.2, 0.25) is 0 Å². The molecule has 0 fully saturated rings. The van der Waals surface area contributed by atoms with Crippen LogP contribution in [0.15, 0.2) is 11.6 Å². The third-order valence-electron chi connectivity index (χ3n) is 4.37. The minimum Gasteiger partial charge on any atom is -0.481 e. The van der Waals surface area contributed by atoms with Crippen LogP contribution in [-0.4, -0.2) is 17.0 Å². The molecule has 0 radical (unpaired) electrons. The monoisotopic (exact) mass is 313 g/mol. The number of nitrogens with zero attached hydrogens (tertiary/aromatic N) is 1. The summed E-state index contributed by atoms with van der Waals surface area (Å²) in [6.45, 7) is 5.97. The van der Waals surface area contributed by atoms with Gasteiger partial charge in [-0.05, 0) is 50.3 Å². The van der Waals surface area contributed by atoms with Gasteiger partial charge < -0.3 is 9.84 Å². The van der Waals surface area contributed by atoms with Crippen LogP contribution >= 0.6 is 0 Å². The smallest absolute Gasteiger partial charge is 0.340 e.